The summed E-state index contributed by atoms with van der Waals surface area (Å²) < 4.78 is 0. The SMILES string of the molecule is [CH2]C(C)c1cc(CC)cc(CCCC)c1. The van der Waals surface area contributed by atoms with Gasteiger partial charge in [-0.25, -0.2) is 0 Å². The summed E-state index contributed by atoms with van der Waals surface area (Å²) in [5.74, 6) is 0.400. The minimum atomic E-state index is 0.400. The molecule has 1 aromatic rings. The van der Waals surface area contributed by atoms with Crippen LogP contribution < -0.4 is 0 Å². The molecule has 0 aromatic heterocycles. The van der Waals surface area contributed by atoms with Crippen LogP contribution in [0.2, 0.25) is 0 Å². The molecular formula is C15H23. The fourth-order valence-corrected chi connectivity index (χ4v) is 1.81. The first-order valence-electron chi connectivity index (χ1n) is 6.13. The van der Waals surface area contributed by atoms with Crippen LogP contribution >= 0.6 is 0 Å². The lowest BCUT2D eigenvalue weighted by Gasteiger charge is -2.11. The van der Waals surface area contributed by atoms with Crippen molar-refractivity contribution >= 4 is 0 Å². The van der Waals surface area contributed by atoms with E-state index in [0.29, 0.717) is 5.92 Å². The Labute approximate surface area is 94.7 Å². The molecule has 0 saturated carbocycles. The van der Waals surface area contributed by atoms with Gasteiger partial charge >= 0.3 is 0 Å². The van der Waals surface area contributed by atoms with Crippen molar-refractivity contribution < 1.29 is 0 Å². The number of unbranched alkanes of at least 4 members (excludes halogenated alkanes) is 1. The van der Waals surface area contributed by atoms with E-state index in [-0.39, 0.29) is 0 Å². The summed E-state index contributed by atoms with van der Waals surface area (Å²) in [6.45, 7) is 10.7. The van der Waals surface area contributed by atoms with Crippen LogP contribution in [0.25, 0.3) is 0 Å². The molecule has 0 bridgehead atoms. The van der Waals surface area contributed by atoms with Crippen LogP contribution in [0.4, 0.5) is 0 Å². The van der Waals surface area contributed by atoms with Gasteiger partial charge < -0.3 is 0 Å². The molecule has 1 radical (unpaired) electrons. The Bertz CT molecular complexity index is 297. The fraction of sp³-hybridized carbons (Fsp3) is 0.533. The van der Waals surface area contributed by atoms with Gasteiger partial charge in [-0.2, -0.15) is 0 Å². The first-order chi connectivity index (χ1) is 7.17. The van der Waals surface area contributed by atoms with Crippen LogP contribution in [0.1, 0.15) is 56.2 Å². The highest BCUT2D eigenvalue weighted by atomic mass is 14.1. The fourth-order valence-electron chi connectivity index (χ4n) is 1.81. The summed E-state index contributed by atoms with van der Waals surface area (Å²) in [7, 11) is 0. The molecule has 1 atom stereocenters. The first-order valence-corrected chi connectivity index (χ1v) is 6.13. The molecule has 15 heavy (non-hydrogen) atoms. The van der Waals surface area contributed by atoms with Crippen molar-refractivity contribution in [2.45, 2.75) is 52.4 Å². The van der Waals surface area contributed by atoms with Crippen molar-refractivity contribution in [1.82, 2.24) is 0 Å². The van der Waals surface area contributed by atoms with Gasteiger partial charge in [-0.15, -0.1) is 0 Å². The predicted molar refractivity (Wildman–Crippen MR) is 68.2 cm³/mol. The Kier molecular flexibility index (Phi) is 4.87. The summed E-state index contributed by atoms with van der Waals surface area (Å²) in [6.07, 6.45) is 4.90. The molecule has 0 heteroatoms. The zero-order valence-corrected chi connectivity index (χ0v) is 10.3. The van der Waals surface area contributed by atoms with E-state index in [9.17, 15) is 0 Å². The molecule has 1 unspecified atom stereocenters. The van der Waals surface area contributed by atoms with Gasteiger partial charge in [-0.05, 0) is 48.8 Å². The summed E-state index contributed by atoms with van der Waals surface area (Å²) in [4.78, 5) is 0. The van der Waals surface area contributed by atoms with Crippen molar-refractivity contribution in [2.75, 3.05) is 0 Å². The highest BCUT2D eigenvalue weighted by Crippen LogP contribution is 2.19. The Morgan fingerprint density at radius 1 is 1.13 bits per heavy atom. The second-order valence-corrected chi connectivity index (χ2v) is 4.44. The van der Waals surface area contributed by atoms with Crippen LogP contribution in [-0.2, 0) is 12.8 Å². The van der Waals surface area contributed by atoms with Crippen molar-refractivity contribution in [2.24, 2.45) is 0 Å². The molecule has 0 N–H and O–H groups in total. The smallest absolute Gasteiger partial charge is 0.0190 e. The second-order valence-electron chi connectivity index (χ2n) is 4.44. The van der Waals surface area contributed by atoms with Crippen LogP contribution in [0, 0.1) is 6.92 Å². The number of benzene rings is 1. The van der Waals surface area contributed by atoms with Gasteiger partial charge in [0.2, 0.25) is 0 Å². The Morgan fingerprint density at radius 2 is 1.80 bits per heavy atom. The van der Waals surface area contributed by atoms with Crippen LogP contribution in [0.15, 0.2) is 18.2 Å². The topological polar surface area (TPSA) is 0 Å². The van der Waals surface area contributed by atoms with E-state index in [2.05, 4.69) is 45.9 Å². The quantitative estimate of drug-likeness (QED) is 0.659. The molecule has 0 heterocycles. The Balaban J connectivity index is 2.90. The van der Waals surface area contributed by atoms with Crippen molar-refractivity contribution in [3.8, 4) is 0 Å². The molecule has 0 fully saturated rings. The van der Waals surface area contributed by atoms with Crippen molar-refractivity contribution in [3.63, 3.8) is 0 Å². The van der Waals surface area contributed by atoms with Crippen molar-refractivity contribution in [1.29, 1.82) is 0 Å². The predicted octanol–water partition coefficient (Wildman–Crippen LogP) is 4.53. The summed E-state index contributed by atoms with van der Waals surface area (Å²) >= 11 is 0. The van der Waals surface area contributed by atoms with Gasteiger partial charge in [0, 0.05) is 0 Å². The monoisotopic (exact) mass is 203 g/mol. The molecule has 0 spiro atoms. The number of rotatable bonds is 5. The molecule has 0 aliphatic carbocycles. The summed E-state index contributed by atoms with van der Waals surface area (Å²) in [6, 6.07) is 6.97. The normalized spacial score (nSPS) is 11.0. The highest BCUT2D eigenvalue weighted by Gasteiger charge is 2.03. The molecule has 0 amide bonds. The molecule has 0 aliphatic rings. The zero-order chi connectivity index (χ0) is 11.3. The minimum Gasteiger partial charge on any atom is -0.0654 e. The van der Waals surface area contributed by atoms with Gasteiger partial charge in [-0.1, -0.05) is 45.4 Å². The van der Waals surface area contributed by atoms with E-state index < -0.39 is 0 Å². The lowest BCUT2D eigenvalue weighted by molar-refractivity contribution is 0.790. The zero-order valence-electron chi connectivity index (χ0n) is 10.3. The molecule has 0 nitrogen and oxygen atoms in total. The Hall–Kier alpha value is -0.780. The maximum absolute atomic E-state index is 4.11. The molecule has 1 aromatic carbocycles. The van der Waals surface area contributed by atoms with E-state index in [1.807, 2.05) is 0 Å². The van der Waals surface area contributed by atoms with E-state index in [0.717, 1.165) is 6.42 Å². The van der Waals surface area contributed by atoms with Gasteiger partial charge in [-0.3, -0.25) is 0 Å². The van der Waals surface area contributed by atoms with Gasteiger partial charge in [0.05, 0.1) is 0 Å². The number of hydrogen-bond acceptors (Lipinski definition) is 0. The van der Waals surface area contributed by atoms with Crippen LogP contribution in [-0.4, -0.2) is 0 Å². The summed E-state index contributed by atoms with van der Waals surface area (Å²) in [5, 5.41) is 0. The first kappa shape index (κ1) is 12.3. The molecule has 1 rings (SSSR count). The maximum atomic E-state index is 4.11. The average Bonchev–Trinajstić information content (AvgIpc) is 2.25. The van der Waals surface area contributed by atoms with E-state index in [4.69, 9.17) is 0 Å². The van der Waals surface area contributed by atoms with Crippen LogP contribution in [0.3, 0.4) is 0 Å². The lowest BCUT2D eigenvalue weighted by Crippen LogP contribution is -1.95. The highest BCUT2D eigenvalue weighted by molar-refractivity contribution is 5.32. The largest absolute Gasteiger partial charge is 0.0654 e. The third-order valence-electron chi connectivity index (χ3n) is 2.87. The van der Waals surface area contributed by atoms with E-state index in [1.165, 1.54) is 36.0 Å². The lowest BCUT2D eigenvalue weighted by atomic mass is 9.95. The van der Waals surface area contributed by atoms with Gasteiger partial charge in [0.1, 0.15) is 0 Å². The van der Waals surface area contributed by atoms with Gasteiger partial charge in [0.25, 0.3) is 0 Å². The third kappa shape index (κ3) is 3.70. The molecule has 0 aliphatic heterocycles. The molecule has 0 saturated heterocycles. The summed E-state index contributed by atoms with van der Waals surface area (Å²) in [5.41, 5.74) is 4.33. The minimum absolute atomic E-state index is 0.400. The standard InChI is InChI=1S/C15H23/c1-5-7-8-14-9-13(6-2)10-15(11-14)12(3)4/h9-12H,3,5-8H2,1-2,4H3. The van der Waals surface area contributed by atoms with E-state index >= 15 is 0 Å². The maximum Gasteiger partial charge on any atom is -0.0190 e. The Morgan fingerprint density at radius 3 is 2.33 bits per heavy atom. The van der Waals surface area contributed by atoms with E-state index in [1.54, 1.807) is 0 Å². The molecular weight excluding hydrogens is 180 g/mol. The number of aryl methyl sites for hydroxylation is 2. The van der Waals surface area contributed by atoms with Crippen LogP contribution in [0.5, 0.6) is 0 Å². The van der Waals surface area contributed by atoms with Gasteiger partial charge in [0.15, 0.2) is 0 Å². The second kappa shape index (κ2) is 5.95. The number of hydrogen-bond donors (Lipinski definition) is 0. The van der Waals surface area contributed by atoms with Crippen molar-refractivity contribution in [3.05, 3.63) is 41.8 Å². The third-order valence-corrected chi connectivity index (χ3v) is 2.87. The molecule has 83 valence electrons. The average molecular weight is 203 g/mol.